The lowest BCUT2D eigenvalue weighted by Gasteiger charge is -2.34. The quantitative estimate of drug-likeness (QED) is 0.615. The smallest absolute Gasteiger partial charge is 0.0359 e. The van der Waals surface area contributed by atoms with Crippen LogP contribution in [0.3, 0.4) is 0 Å². The van der Waals surface area contributed by atoms with Crippen LogP contribution in [0.1, 0.15) is 18.5 Å². The number of hydrogen-bond acceptors (Lipinski definition) is 1. The van der Waals surface area contributed by atoms with Crippen LogP contribution in [-0.4, -0.2) is 11.7 Å². The second-order valence-electron chi connectivity index (χ2n) is 5.64. The van der Waals surface area contributed by atoms with E-state index < -0.39 is 8.07 Å². The molecule has 0 aromatic heterocycles. The Morgan fingerprint density at radius 2 is 1.04 bits per heavy atom. The van der Waals surface area contributed by atoms with Crippen molar-refractivity contribution in [1.82, 2.24) is 4.67 Å². The minimum atomic E-state index is -0.542. The van der Waals surface area contributed by atoms with Crippen molar-refractivity contribution in [3.63, 3.8) is 0 Å². The first-order valence-electron chi connectivity index (χ1n) is 7.95. The fourth-order valence-corrected chi connectivity index (χ4v) is 5.19. The Labute approximate surface area is 140 Å². The molecule has 0 aliphatic rings. The van der Waals surface area contributed by atoms with Crippen LogP contribution in [0.5, 0.6) is 0 Å². The van der Waals surface area contributed by atoms with Crippen molar-refractivity contribution in [2.24, 2.45) is 0 Å². The standard InChI is InChI=1S/C21H22NP/c1-18(19-12-6-3-7-13-19)22(2)23(20-14-8-4-9-15-20)21-16-10-5-11-17-21/h3-18H,1-2H3/t18-/m1/s1. The fourth-order valence-electron chi connectivity index (χ4n) is 2.77. The minimum absolute atomic E-state index is 0.364. The summed E-state index contributed by atoms with van der Waals surface area (Å²) in [6.07, 6.45) is 0. The van der Waals surface area contributed by atoms with Gasteiger partial charge in [0.05, 0.1) is 0 Å². The van der Waals surface area contributed by atoms with Gasteiger partial charge in [-0.05, 0) is 30.1 Å². The normalized spacial score (nSPS) is 12.5. The van der Waals surface area contributed by atoms with Gasteiger partial charge in [-0.25, -0.2) is 0 Å². The van der Waals surface area contributed by atoms with Gasteiger partial charge in [-0.3, -0.25) is 4.67 Å². The molecule has 3 aromatic carbocycles. The zero-order valence-corrected chi connectivity index (χ0v) is 14.5. The van der Waals surface area contributed by atoms with Gasteiger partial charge in [0.2, 0.25) is 0 Å². The monoisotopic (exact) mass is 319 g/mol. The van der Waals surface area contributed by atoms with Crippen molar-refractivity contribution in [3.8, 4) is 0 Å². The van der Waals surface area contributed by atoms with Crippen molar-refractivity contribution in [1.29, 1.82) is 0 Å². The number of nitrogens with zero attached hydrogens (tertiary/aromatic N) is 1. The predicted molar refractivity (Wildman–Crippen MR) is 102 cm³/mol. The van der Waals surface area contributed by atoms with Gasteiger partial charge in [0.1, 0.15) is 0 Å². The molecule has 0 fully saturated rings. The Balaban J connectivity index is 1.98. The molecule has 0 saturated heterocycles. The van der Waals surface area contributed by atoms with E-state index in [1.165, 1.54) is 16.2 Å². The van der Waals surface area contributed by atoms with Crippen LogP contribution in [0.25, 0.3) is 0 Å². The lowest BCUT2D eigenvalue weighted by atomic mass is 10.1. The molecule has 0 aliphatic heterocycles. The molecule has 0 unspecified atom stereocenters. The molecule has 23 heavy (non-hydrogen) atoms. The minimum Gasteiger partial charge on any atom is -0.271 e. The Kier molecular flexibility index (Phi) is 5.23. The second-order valence-corrected chi connectivity index (χ2v) is 7.93. The third-order valence-electron chi connectivity index (χ3n) is 4.16. The van der Waals surface area contributed by atoms with Gasteiger partial charge < -0.3 is 0 Å². The van der Waals surface area contributed by atoms with E-state index in [0.717, 1.165) is 0 Å². The van der Waals surface area contributed by atoms with E-state index in [9.17, 15) is 0 Å². The van der Waals surface area contributed by atoms with Crippen LogP contribution in [0.4, 0.5) is 0 Å². The summed E-state index contributed by atoms with van der Waals surface area (Å²) in [4.78, 5) is 0. The Morgan fingerprint density at radius 3 is 1.48 bits per heavy atom. The van der Waals surface area contributed by atoms with Gasteiger partial charge in [-0.1, -0.05) is 91.0 Å². The number of benzene rings is 3. The van der Waals surface area contributed by atoms with Gasteiger partial charge in [-0.15, -0.1) is 0 Å². The molecule has 3 rings (SSSR count). The average Bonchev–Trinajstić information content (AvgIpc) is 2.64. The van der Waals surface area contributed by atoms with Crippen LogP contribution in [0.15, 0.2) is 91.0 Å². The lowest BCUT2D eigenvalue weighted by molar-refractivity contribution is 0.444. The Hall–Kier alpha value is -1.95. The van der Waals surface area contributed by atoms with Gasteiger partial charge in [0.25, 0.3) is 0 Å². The van der Waals surface area contributed by atoms with Crippen LogP contribution in [0, 0.1) is 0 Å². The largest absolute Gasteiger partial charge is 0.271 e. The van der Waals surface area contributed by atoms with Gasteiger partial charge in [0, 0.05) is 14.1 Å². The molecular formula is C21H22NP. The number of hydrogen-bond donors (Lipinski definition) is 0. The fraction of sp³-hybridized carbons (Fsp3) is 0.143. The van der Waals surface area contributed by atoms with Crippen LogP contribution < -0.4 is 10.6 Å². The number of rotatable bonds is 5. The molecule has 0 bridgehead atoms. The molecule has 1 atom stereocenters. The van der Waals surface area contributed by atoms with E-state index in [0.29, 0.717) is 6.04 Å². The molecule has 0 heterocycles. The highest BCUT2D eigenvalue weighted by Crippen LogP contribution is 2.42. The first kappa shape index (κ1) is 15.9. The zero-order chi connectivity index (χ0) is 16.1. The Bertz CT molecular complexity index is 673. The lowest BCUT2D eigenvalue weighted by Crippen LogP contribution is -2.27. The van der Waals surface area contributed by atoms with Crippen molar-refractivity contribution < 1.29 is 0 Å². The predicted octanol–water partition coefficient (Wildman–Crippen LogP) is 4.73. The van der Waals surface area contributed by atoms with Crippen molar-refractivity contribution in [3.05, 3.63) is 96.6 Å². The molecule has 1 nitrogen and oxygen atoms in total. The maximum absolute atomic E-state index is 2.51. The van der Waals surface area contributed by atoms with Gasteiger partial charge in [-0.2, -0.15) is 0 Å². The molecule has 116 valence electrons. The van der Waals surface area contributed by atoms with Gasteiger partial charge in [0.15, 0.2) is 0 Å². The van der Waals surface area contributed by atoms with Crippen molar-refractivity contribution >= 4 is 18.7 Å². The zero-order valence-electron chi connectivity index (χ0n) is 13.6. The molecule has 0 saturated carbocycles. The van der Waals surface area contributed by atoms with Gasteiger partial charge >= 0.3 is 0 Å². The first-order valence-corrected chi connectivity index (χ1v) is 9.25. The summed E-state index contributed by atoms with van der Waals surface area (Å²) < 4.78 is 2.51. The summed E-state index contributed by atoms with van der Waals surface area (Å²) in [6.45, 7) is 2.29. The summed E-state index contributed by atoms with van der Waals surface area (Å²) >= 11 is 0. The van der Waals surface area contributed by atoms with Crippen LogP contribution in [-0.2, 0) is 0 Å². The van der Waals surface area contributed by atoms with Crippen molar-refractivity contribution in [2.45, 2.75) is 13.0 Å². The third-order valence-corrected chi connectivity index (χ3v) is 6.71. The molecule has 0 amide bonds. The Morgan fingerprint density at radius 1 is 0.652 bits per heavy atom. The summed E-state index contributed by atoms with van der Waals surface area (Å²) in [5.74, 6) is 0. The second kappa shape index (κ2) is 7.55. The molecule has 0 N–H and O–H groups in total. The molecule has 0 radical (unpaired) electrons. The maximum atomic E-state index is 2.51. The summed E-state index contributed by atoms with van der Waals surface area (Å²) in [5.41, 5.74) is 1.36. The summed E-state index contributed by atoms with van der Waals surface area (Å²) in [5, 5.41) is 2.78. The van der Waals surface area contributed by atoms with E-state index >= 15 is 0 Å². The topological polar surface area (TPSA) is 3.24 Å². The first-order chi connectivity index (χ1) is 11.3. The molecule has 0 aliphatic carbocycles. The summed E-state index contributed by atoms with van der Waals surface area (Å²) in [7, 11) is 1.70. The van der Waals surface area contributed by atoms with E-state index in [1.807, 2.05) is 0 Å². The van der Waals surface area contributed by atoms with Crippen LogP contribution >= 0.6 is 8.07 Å². The average molecular weight is 319 g/mol. The molecular weight excluding hydrogens is 297 g/mol. The summed E-state index contributed by atoms with van der Waals surface area (Å²) in [6, 6.07) is 32.8. The molecule has 0 spiro atoms. The third kappa shape index (κ3) is 3.69. The highest BCUT2D eigenvalue weighted by Gasteiger charge is 2.23. The molecule has 3 aromatic rings. The maximum Gasteiger partial charge on any atom is 0.0359 e. The molecule has 2 heteroatoms. The van der Waals surface area contributed by atoms with E-state index in [-0.39, 0.29) is 0 Å². The van der Waals surface area contributed by atoms with Crippen molar-refractivity contribution in [2.75, 3.05) is 7.05 Å². The van der Waals surface area contributed by atoms with E-state index in [1.54, 1.807) is 0 Å². The highest BCUT2D eigenvalue weighted by molar-refractivity contribution is 7.70. The van der Waals surface area contributed by atoms with E-state index in [4.69, 9.17) is 0 Å². The SMILES string of the molecule is C[C@H](c1ccccc1)N(C)P(c1ccccc1)c1ccccc1. The van der Waals surface area contributed by atoms with Crippen LogP contribution in [0.2, 0.25) is 0 Å². The highest BCUT2D eigenvalue weighted by atomic mass is 31.1. The van der Waals surface area contributed by atoms with E-state index in [2.05, 4.69) is 110 Å².